The van der Waals surface area contributed by atoms with Crippen LogP contribution in [0.5, 0.6) is 0 Å². The van der Waals surface area contributed by atoms with Gasteiger partial charge in [0.1, 0.15) is 0 Å². The summed E-state index contributed by atoms with van der Waals surface area (Å²) in [5, 5.41) is 8.90. The minimum atomic E-state index is -0.295. The van der Waals surface area contributed by atoms with E-state index in [2.05, 4.69) is 0 Å². The molecule has 0 aliphatic rings. The van der Waals surface area contributed by atoms with E-state index in [-0.39, 0.29) is 12.6 Å². The van der Waals surface area contributed by atoms with Crippen molar-refractivity contribution in [2.24, 2.45) is 5.73 Å². The van der Waals surface area contributed by atoms with Crippen molar-refractivity contribution in [2.75, 3.05) is 13.2 Å². The van der Waals surface area contributed by atoms with Crippen LogP contribution in [0.2, 0.25) is 0 Å². The van der Waals surface area contributed by atoms with Crippen molar-refractivity contribution in [3.05, 3.63) is 35.4 Å². The molecule has 1 rings (SSSR count). The molecular weight excluding hydrogens is 178 g/mol. The van der Waals surface area contributed by atoms with Gasteiger partial charge in [-0.3, -0.25) is 0 Å². The van der Waals surface area contributed by atoms with Crippen LogP contribution < -0.4 is 5.73 Å². The molecule has 1 aromatic carbocycles. The molecule has 0 aliphatic carbocycles. The van der Waals surface area contributed by atoms with Crippen LogP contribution >= 0.6 is 0 Å². The zero-order valence-corrected chi connectivity index (χ0v) is 8.44. The van der Waals surface area contributed by atoms with Crippen molar-refractivity contribution < 1.29 is 9.84 Å². The first-order valence-electron chi connectivity index (χ1n) is 4.81. The summed E-state index contributed by atoms with van der Waals surface area (Å²) >= 11 is 0. The van der Waals surface area contributed by atoms with Crippen molar-refractivity contribution in [3.8, 4) is 0 Å². The smallest absolute Gasteiger partial charge is 0.0716 e. The monoisotopic (exact) mass is 195 g/mol. The molecule has 1 unspecified atom stereocenters. The lowest BCUT2D eigenvalue weighted by Gasteiger charge is -2.10. The van der Waals surface area contributed by atoms with Crippen molar-refractivity contribution in [1.29, 1.82) is 0 Å². The van der Waals surface area contributed by atoms with Crippen LogP contribution in [-0.2, 0) is 11.3 Å². The maximum atomic E-state index is 8.90. The fourth-order valence-electron chi connectivity index (χ4n) is 1.24. The zero-order chi connectivity index (χ0) is 10.4. The number of hydrogen-bond donors (Lipinski definition) is 2. The third kappa shape index (κ3) is 3.10. The molecule has 14 heavy (non-hydrogen) atoms. The maximum Gasteiger partial charge on any atom is 0.0716 e. The Bertz CT molecular complexity index is 276. The molecule has 0 saturated carbocycles. The number of aliphatic hydroxyl groups is 1. The summed E-state index contributed by atoms with van der Waals surface area (Å²) in [6.45, 7) is 3.24. The van der Waals surface area contributed by atoms with Crippen LogP contribution in [0.3, 0.4) is 0 Å². The molecule has 3 N–H and O–H groups in total. The Hall–Kier alpha value is -0.900. The average Bonchev–Trinajstić information content (AvgIpc) is 2.25. The normalized spacial score (nSPS) is 12.8. The standard InChI is InChI=1S/C11H17NO2/c1-2-14-8-9-4-3-5-10(6-9)11(12)7-13/h3-6,11,13H,2,7-8,12H2,1H3. The van der Waals surface area contributed by atoms with Gasteiger partial charge in [0.2, 0.25) is 0 Å². The van der Waals surface area contributed by atoms with Gasteiger partial charge in [-0.25, -0.2) is 0 Å². The van der Waals surface area contributed by atoms with Crippen LogP contribution in [0, 0.1) is 0 Å². The number of rotatable bonds is 5. The van der Waals surface area contributed by atoms with E-state index in [1.165, 1.54) is 0 Å². The molecule has 1 aromatic rings. The third-order valence-electron chi connectivity index (χ3n) is 2.05. The molecule has 0 spiro atoms. The van der Waals surface area contributed by atoms with E-state index in [4.69, 9.17) is 15.6 Å². The summed E-state index contributed by atoms with van der Waals surface area (Å²) < 4.78 is 5.28. The average molecular weight is 195 g/mol. The van der Waals surface area contributed by atoms with Crippen molar-refractivity contribution in [2.45, 2.75) is 19.6 Å². The number of hydrogen-bond acceptors (Lipinski definition) is 3. The van der Waals surface area contributed by atoms with Crippen LogP contribution in [0.15, 0.2) is 24.3 Å². The summed E-state index contributed by atoms with van der Waals surface area (Å²) in [4.78, 5) is 0. The van der Waals surface area contributed by atoms with Crippen molar-refractivity contribution in [1.82, 2.24) is 0 Å². The van der Waals surface area contributed by atoms with Gasteiger partial charge in [0.25, 0.3) is 0 Å². The quantitative estimate of drug-likeness (QED) is 0.742. The Morgan fingerprint density at radius 1 is 1.50 bits per heavy atom. The Labute approximate surface area is 84.5 Å². The van der Waals surface area contributed by atoms with Crippen molar-refractivity contribution in [3.63, 3.8) is 0 Å². The number of ether oxygens (including phenoxy) is 1. The van der Waals surface area contributed by atoms with Gasteiger partial charge in [0.05, 0.1) is 19.3 Å². The molecule has 0 radical (unpaired) electrons. The Kier molecular flexibility index (Phi) is 4.59. The number of benzene rings is 1. The number of nitrogens with two attached hydrogens (primary N) is 1. The first-order chi connectivity index (χ1) is 6.77. The fourth-order valence-corrected chi connectivity index (χ4v) is 1.24. The highest BCUT2D eigenvalue weighted by Crippen LogP contribution is 2.12. The lowest BCUT2D eigenvalue weighted by atomic mass is 10.1. The second-order valence-electron chi connectivity index (χ2n) is 3.17. The highest BCUT2D eigenvalue weighted by atomic mass is 16.5. The Morgan fingerprint density at radius 3 is 2.93 bits per heavy atom. The van der Waals surface area contributed by atoms with Gasteiger partial charge >= 0.3 is 0 Å². The van der Waals surface area contributed by atoms with Gasteiger partial charge in [-0.2, -0.15) is 0 Å². The molecule has 78 valence electrons. The second-order valence-corrected chi connectivity index (χ2v) is 3.17. The van der Waals surface area contributed by atoms with E-state index in [0.717, 1.165) is 11.1 Å². The summed E-state index contributed by atoms with van der Waals surface area (Å²) in [7, 11) is 0. The van der Waals surface area contributed by atoms with Gasteiger partial charge in [0.15, 0.2) is 0 Å². The first kappa shape index (κ1) is 11.2. The molecule has 0 aliphatic heterocycles. The lowest BCUT2D eigenvalue weighted by Crippen LogP contribution is -2.14. The highest BCUT2D eigenvalue weighted by Gasteiger charge is 2.04. The minimum Gasteiger partial charge on any atom is -0.394 e. The van der Waals surface area contributed by atoms with Crippen LogP contribution in [0.1, 0.15) is 24.1 Å². The maximum absolute atomic E-state index is 8.90. The first-order valence-corrected chi connectivity index (χ1v) is 4.81. The van der Waals surface area contributed by atoms with Crippen molar-refractivity contribution >= 4 is 0 Å². The summed E-state index contributed by atoms with van der Waals surface area (Å²) in [6.07, 6.45) is 0. The van der Waals surface area contributed by atoms with E-state index >= 15 is 0 Å². The van der Waals surface area contributed by atoms with Gasteiger partial charge in [0, 0.05) is 6.61 Å². The van der Waals surface area contributed by atoms with E-state index in [9.17, 15) is 0 Å². The predicted molar refractivity (Wildman–Crippen MR) is 55.8 cm³/mol. The predicted octanol–water partition coefficient (Wildman–Crippen LogP) is 1.22. The summed E-state index contributed by atoms with van der Waals surface area (Å²) in [5.74, 6) is 0. The molecule has 0 amide bonds. The molecule has 0 aromatic heterocycles. The van der Waals surface area contributed by atoms with E-state index in [1.807, 2.05) is 31.2 Å². The number of aliphatic hydroxyl groups excluding tert-OH is 1. The fraction of sp³-hybridized carbons (Fsp3) is 0.455. The SMILES string of the molecule is CCOCc1cccc(C(N)CO)c1. The van der Waals surface area contributed by atoms with Gasteiger partial charge < -0.3 is 15.6 Å². The summed E-state index contributed by atoms with van der Waals surface area (Å²) in [5.41, 5.74) is 7.74. The van der Waals surface area contributed by atoms with Gasteiger partial charge in [-0.15, -0.1) is 0 Å². The molecule has 0 saturated heterocycles. The molecule has 0 fully saturated rings. The summed E-state index contributed by atoms with van der Waals surface area (Å²) in [6, 6.07) is 7.51. The molecule has 3 heteroatoms. The molecule has 0 heterocycles. The largest absolute Gasteiger partial charge is 0.394 e. The molecule has 1 atom stereocenters. The lowest BCUT2D eigenvalue weighted by molar-refractivity contribution is 0.134. The molecular formula is C11H17NO2. The van der Waals surface area contributed by atoms with Gasteiger partial charge in [-0.05, 0) is 18.1 Å². The minimum absolute atomic E-state index is 0.0297. The Morgan fingerprint density at radius 2 is 2.29 bits per heavy atom. The molecule has 0 bridgehead atoms. The van der Waals surface area contributed by atoms with E-state index in [1.54, 1.807) is 0 Å². The zero-order valence-electron chi connectivity index (χ0n) is 8.44. The van der Waals surface area contributed by atoms with E-state index in [0.29, 0.717) is 13.2 Å². The molecule has 3 nitrogen and oxygen atoms in total. The van der Waals surface area contributed by atoms with Gasteiger partial charge in [-0.1, -0.05) is 24.3 Å². The van der Waals surface area contributed by atoms with Crippen LogP contribution in [0.4, 0.5) is 0 Å². The highest BCUT2D eigenvalue weighted by molar-refractivity contribution is 5.25. The Balaban J connectivity index is 2.68. The topological polar surface area (TPSA) is 55.5 Å². The second kappa shape index (κ2) is 5.75. The van der Waals surface area contributed by atoms with E-state index < -0.39 is 0 Å². The van der Waals surface area contributed by atoms with Crippen LogP contribution in [0.25, 0.3) is 0 Å². The third-order valence-corrected chi connectivity index (χ3v) is 2.05. The van der Waals surface area contributed by atoms with Crippen LogP contribution in [-0.4, -0.2) is 18.3 Å².